The van der Waals surface area contributed by atoms with Crippen LogP contribution in [0.15, 0.2) is 42.7 Å². The monoisotopic (exact) mass is 325 g/mol. The van der Waals surface area contributed by atoms with Crippen molar-refractivity contribution < 1.29 is 14.7 Å². The van der Waals surface area contributed by atoms with Gasteiger partial charge in [0.2, 0.25) is 0 Å². The molecule has 0 unspecified atom stereocenters. The molecule has 1 amide bonds. The SMILES string of the molecule is O=C(O)[C@H]1CN(C(=O)c2ccc(-n3cccn3)cc2)C[C@@H]1C1CC1. The molecule has 6 heteroatoms. The first kappa shape index (κ1) is 14.9. The van der Waals surface area contributed by atoms with E-state index >= 15 is 0 Å². The lowest BCUT2D eigenvalue weighted by molar-refractivity contribution is -0.142. The summed E-state index contributed by atoms with van der Waals surface area (Å²) in [6, 6.07) is 9.10. The second-order valence-electron chi connectivity index (χ2n) is 6.65. The van der Waals surface area contributed by atoms with E-state index in [1.54, 1.807) is 27.9 Å². The van der Waals surface area contributed by atoms with E-state index < -0.39 is 11.9 Å². The van der Waals surface area contributed by atoms with Crippen LogP contribution < -0.4 is 0 Å². The minimum absolute atomic E-state index is 0.0867. The summed E-state index contributed by atoms with van der Waals surface area (Å²) >= 11 is 0. The van der Waals surface area contributed by atoms with E-state index in [1.807, 2.05) is 24.4 Å². The molecule has 24 heavy (non-hydrogen) atoms. The second-order valence-corrected chi connectivity index (χ2v) is 6.65. The molecule has 2 aromatic rings. The van der Waals surface area contributed by atoms with Crippen molar-refractivity contribution in [2.75, 3.05) is 13.1 Å². The van der Waals surface area contributed by atoms with Gasteiger partial charge in [0.1, 0.15) is 0 Å². The summed E-state index contributed by atoms with van der Waals surface area (Å²) in [6.07, 6.45) is 5.73. The van der Waals surface area contributed by atoms with Crippen LogP contribution >= 0.6 is 0 Å². The minimum atomic E-state index is -0.781. The van der Waals surface area contributed by atoms with Crippen LogP contribution in [-0.2, 0) is 4.79 Å². The number of carboxylic acids is 1. The Morgan fingerprint density at radius 1 is 1.12 bits per heavy atom. The normalized spacial score (nSPS) is 23.4. The quantitative estimate of drug-likeness (QED) is 0.933. The molecule has 1 aliphatic carbocycles. The smallest absolute Gasteiger partial charge is 0.308 e. The number of amides is 1. The molecule has 2 heterocycles. The van der Waals surface area contributed by atoms with Gasteiger partial charge in [-0.3, -0.25) is 9.59 Å². The summed E-state index contributed by atoms with van der Waals surface area (Å²) < 4.78 is 1.73. The van der Waals surface area contributed by atoms with E-state index in [0.29, 0.717) is 24.6 Å². The molecule has 1 aromatic heterocycles. The summed E-state index contributed by atoms with van der Waals surface area (Å²) in [4.78, 5) is 25.9. The number of likely N-dealkylation sites (tertiary alicyclic amines) is 1. The highest BCUT2D eigenvalue weighted by Crippen LogP contribution is 2.44. The molecule has 1 saturated carbocycles. The van der Waals surface area contributed by atoms with E-state index in [2.05, 4.69) is 5.10 Å². The predicted molar refractivity (Wildman–Crippen MR) is 86.8 cm³/mol. The third-order valence-electron chi connectivity index (χ3n) is 5.08. The van der Waals surface area contributed by atoms with Crippen LogP contribution in [0.4, 0.5) is 0 Å². The van der Waals surface area contributed by atoms with E-state index in [1.165, 1.54) is 0 Å². The Balaban J connectivity index is 1.50. The van der Waals surface area contributed by atoms with Crippen molar-refractivity contribution >= 4 is 11.9 Å². The molecule has 0 spiro atoms. The van der Waals surface area contributed by atoms with E-state index in [0.717, 1.165) is 18.5 Å². The number of hydrogen-bond donors (Lipinski definition) is 1. The zero-order valence-electron chi connectivity index (χ0n) is 13.2. The first-order valence-corrected chi connectivity index (χ1v) is 8.25. The van der Waals surface area contributed by atoms with Gasteiger partial charge in [-0.2, -0.15) is 5.10 Å². The first-order valence-electron chi connectivity index (χ1n) is 8.25. The van der Waals surface area contributed by atoms with Gasteiger partial charge in [-0.1, -0.05) is 0 Å². The van der Waals surface area contributed by atoms with Crippen molar-refractivity contribution in [2.45, 2.75) is 12.8 Å². The molecule has 1 saturated heterocycles. The van der Waals surface area contributed by atoms with Crippen molar-refractivity contribution in [1.29, 1.82) is 0 Å². The summed E-state index contributed by atoms with van der Waals surface area (Å²) in [5.41, 5.74) is 1.48. The highest BCUT2D eigenvalue weighted by atomic mass is 16.4. The number of carbonyl (C=O) groups is 2. The summed E-state index contributed by atoms with van der Waals surface area (Å²) in [7, 11) is 0. The van der Waals surface area contributed by atoms with Gasteiger partial charge in [0, 0.05) is 31.0 Å². The highest BCUT2D eigenvalue weighted by Gasteiger charge is 2.46. The van der Waals surface area contributed by atoms with Gasteiger partial charge >= 0.3 is 5.97 Å². The van der Waals surface area contributed by atoms with Crippen LogP contribution in [0.3, 0.4) is 0 Å². The Kier molecular flexibility index (Phi) is 3.59. The lowest BCUT2D eigenvalue weighted by Gasteiger charge is -2.16. The Morgan fingerprint density at radius 3 is 2.46 bits per heavy atom. The van der Waals surface area contributed by atoms with Gasteiger partial charge in [-0.05, 0) is 55.0 Å². The van der Waals surface area contributed by atoms with Gasteiger partial charge in [0.15, 0.2) is 0 Å². The third-order valence-corrected chi connectivity index (χ3v) is 5.08. The van der Waals surface area contributed by atoms with Crippen molar-refractivity contribution in [2.24, 2.45) is 17.8 Å². The summed E-state index contributed by atoms with van der Waals surface area (Å²) in [6.45, 7) is 0.873. The predicted octanol–water partition coefficient (Wildman–Crippen LogP) is 2.06. The number of rotatable bonds is 4. The molecule has 1 aromatic carbocycles. The number of carbonyl (C=O) groups excluding carboxylic acids is 1. The number of carboxylic acid groups (broad SMARTS) is 1. The Morgan fingerprint density at radius 2 is 1.88 bits per heavy atom. The maximum Gasteiger partial charge on any atom is 0.308 e. The standard InChI is InChI=1S/C18H19N3O3/c22-17(13-4-6-14(7-5-13)21-9-1-8-19-21)20-10-15(12-2-3-12)16(11-20)18(23)24/h1,4-9,12,15-16H,2-3,10-11H2,(H,23,24)/t15-,16+/m1/s1. The summed E-state index contributed by atoms with van der Waals surface area (Å²) in [5, 5.41) is 13.6. The van der Waals surface area contributed by atoms with Gasteiger partial charge in [0.25, 0.3) is 5.91 Å². The van der Waals surface area contributed by atoms with E-state index in [-0.39, 0.29) is 11.8 Å². The zero-order valence-corrected chi connectivity index (χ0v) is 13.2. The Labute approximate surface area is 139 Å². The van der Waals surface area contributed by atoms with Crippen molar-refractivity contribution in [3.8, 4) is 5.69 Å². The fourth-order valence-electron chi connectivity index (χ4n) is 3.62. The molecule has 0 bridgehead atoms. The lowest BCUT2D eigenvalue weighted by Crippen LogP contribution is -2.29. The molecular formula is C18H19N3O3. The largest absolute Gasteiger partial charge is 0.481 e. The van der Waals surface area contributed by atoms with Gasteiger partial charge in [0.05, 0.1) is 11.6 Å². The van der Waals surface area contributed by atoms with Crippen LogP contribution in [0.25, 0.3) is 5.69 Å². The van der Waals surface area contributed by atoms with Crippen LogP contribution in [0.1, 0.15) is 23.2 Å². The fourth-order valence-corrected chi connectivity index (χ4v) is 3.62. The molecule has 4 rings (SSSR count). The van der Waals surface area contributed by atoms with Crippen LogP contribution in [-0.4, -0.2) is 44.8 Å². The molecular weight excluding hydrogens is 306 g/mol. The molecule has 2 atom stereocenters. The third kappa shape index (κ3) is 2.68. The maximum atomic E-state index is 12.7. The van der Waals surface area contributed by atoms with Crippen LogP contribution in [0, 0.1) is 17.8 Å². The fraction of sp³-hybridized carbons (Fsp3) is 0.389. The number of hydrogen-bond acceptors (Lipinski definition) is 3. The van der Waals surface area contributed by atoms with Crippen molar-refractivity contribution in [3.05, 3.63) is 48.3 Å². The van der Waals surface area contributed by atoms with Gasteiger partial charge in [-0.25, -0.2) is 4.68 Å². The van der Waals surface area contributed by atoms with Crippen LogP contribution in [0.2, 0.25) is 0 Å². The molecule has 6 nitrogen and oxygen atoms in total. The second kappa shape index (κ2) is 5.78. The molecule has 1 aliphatic heterocycles. The maximum absolute atomic E-state index is 12.7. The number of benzene rings is 1. The molecule has 0 radical (unpaired) electrons. The Bertz CT molecular complexity index is 750. The average Bonchev–Trinajstić information content (AvgIpc) is 3.13. The van der Waals surface area contributed by atoms with Crippen molar-refractivity contribution in [3.63, 3.8) is 0 Å². The summed E-state index contributed by atoms with van der Waals surface area (Å²) in [5.74, 6) is -0.710. The lowest BCUT2D eigenvalue weighted by atomic mass is 9.92. The van der Waals surface area contributed by atoms with Gasteiger partial charge in [-0.15, -0.1) is 0 Å². The van der Waals surface area contributed by atoms with Gasteiger partial charge < -0.3 is 10.0 Å². The molecule has 1 N–H and O–H groups in total. The average molecular weight is 325 g/mol. The number of aromatic nitrogens is 2. The van der Waals surface area contributed by atoms with Crippen LogP contribution in [0.5, 0.6) is 0 Å². The number of aliphatic carboxylic acids is 1. The molecule has 2 aliphatic rings. The first-order chi connectivity index (χ1) is 11.6. The number of nitrogens with zero attached hydrogens (tertiary/aromatic N) is 3. The van der Waals surface area contributed by atoms with E-state index in [4.69, 9.17) is 0 Å². The van der Waals surface area contributed by atoms with Crippen molar-refractivity contribution in [1.82, 2.24) is 14.7 Å². The molecule has 124 valence electrons. The van der Waals surface area contributed by atoms with E-state index in [9.17, 15) is 14.7 Å². The topological polar surface area (TPSA) is 75.4 Å². The minimum Gasteiger partial charge on any atom is -0.481 e. The molecule has 2 fully saturated rings. The Hall–Kier alpha value is -2.63. The zero-order chi connectivity index (χ0) is 16.7. The highest BCUT2D eigenvalue weighted by molar-refractivity contribution is 5.95.